The van der Waals surface area contributed by atoms with Gasteiger partial charge in [0.05, 0.1) is 0 Å². The van der Waals surface area contributed by atoms with Crippen LogP contribution in [0.1, 0.15) is 14.0 Å². The molecule has 0 aliphatic carbocycles. The topological polar surface area (TPSA) is 0 Å². The molecule has 0 amide bonds. The molecule has 46 valence electrons. The molecule has 0 atom stereocenters. The van der Waals surface area contributed by atoms with Crippen molar-refractivity contribution in [3.05, 3.63) is 35.4 Å². The Morgan fingerprint density at radius 1 is 0.800 bits per heavy atom. The van der Waals surface area contributed by atoms with E-state index < -0.39 is 0 Å². The Morgan fingerprint density at radius 3 is 1.20 bits per heavy atom. The summed E-state index contributed by atoms with van der Waals surface area (Å²) in [4.78, 5) is 0. The first kappa shape index (κ1) is 13.8. The van der Waals surface area contributed by atoms with Gasteiger partial charge in [-0.25, -0.2) is 0 Å². The van der Waals surface area contributed by atoms with Gasteiger partial charge in [0.1, 0.15) is 0 Å². The summed E-state index contributed by atoms with van der Waals surface area (Å²) in [6.45, 7) is 4.19. The van der Waals surface area contributed by atoms with E-state index in [-0.39, 0.29) is 62.0 Å². The number of aryl methyl sites for hydroxylation is 2. The first-order chi connectivity index (χ1) is 3.79. The molecule has 1 rings (SSSR count). The van der Waals surface area contributed by atoms with E-state index in [9.17, 15) is 0 Å². The predicted octanol–water partition coefficient (Wildman–Crippen LogP) is -3.46. The van der Waals surface area contributed by atoms with E-state index >= 15 is 0 Å². The van der Waals surface area contributed by atoms with E-state index in [0.717, 1.165) is 0 Å². The van der Waals surface area contributed by atoms with Gasteiger partial charge in [-0.15, -0.1) is 0 Å². The Kier molecular flexibility index (Phi) is 9.51. The Labute approximate surface area is 110 Å². The van der Waals surface area contributed by atoms with Gasteiger partial charge in [-0.05, 0) is 13.8 Å². The maximum absolute atomic E-state index is 2.12. The molecule has 0 saturated carbocycles. The molecule has 1 aromatic carbocycles. The van der Waals surface area contributed by atoms with E-state index in [1.165, 1.54) is 11.1 Å². The van der Waals surface area contributed by atoms with E-state index in [4.69, 9.17) is 0 Å². The third-order valence-electron chi connectivity index (χ3n) is 1.22. The van der Waals surface area contributed by atoms with Crippen molar-refractivity contribution in [3.63, 3.8) is 0 Å². The van der Waals surface area contributed by atoms with Crippen LogP contribution >= 0.6 is 0 Å². The first-order valence-electron chi connectivity index (χ1n) is 2.82. The van der Waals surface area contributed by atoms with Crippen LogP contribution in [0.2, 0.25) is 0 Å². The summed E-state index contributed by atoms with van der Waals surface area (Å²) < 4.78 is 0. The maximum Gasteiger partial charge on any atom is 1.00 e. The number of hydrogen-bond donors (Lipinski definition) is 0. The summed E-state index contributed by atoms with van der Waals surface area (Å²) in [5, 5.41) is 0. The molecule has 0 aromatic heterocycles. The average Bonchev–Trinajstić information content (AvgIpc) is 1.77. The zero-order chi connectivity index (χ0) is 5.98. The standard InChI is InChI=1S/C8H10.2Na.2H/c1-7-3-5-8(2)6-4-7;;;;/h3-6H,1-2H3;;;;/q;2*+1;2*-1. The smallest absolute Gasteiger partial charge is 1.00 e. The molecule has 0 saturated heterocycles. The monoisotopic (exact) mass is 154 g/mol. The summed E-state index contributed by atoms with van der Waals surface area (Å²) in [6, 6.07) is 8.48. The van der Waals surface area contributed by atoms with Crippen molar-refractivity contribution in [1.29, 1.82) is 0 Å². The molecule has 0 spiro atoms. The molecule has 0 aliphatic heterocycles. The Balaban J connectivity index is -0.0000000800. The minimum absolute atomic E-state index is 0. The quantitative estimate of drug-likeness (QED) is 0.341. The van der Waals surface area contributed by atoms with Crippen molar-refractivity contribution in [3.8, 4) is 0 Å². The molecule has 0 N–H and O–H groups in total. The van der Waals surface area contributed by atoms with Gasteiger partial charge in [0.15, 0.2) is 0 Å². The molecular weight excluding hydrogens is 142 g/mol. The molecule has 0 heterocycles. The Morgan fingerprint density at radius 2 is 1.00 bits per heavy atom. The molecule has 0 radical (unpaired) electrons. The van der Waals surface area contributed by atoms with Gasteiger partial charge in [0.2, 0.25) is 0 Å². The summed E-state index contributed by atoms with van der Waals surface area (Å²) in [5.74, 6) is 0. The minimum Gasteiger partial charge on any atom is -1.00 e. The van der Waals surface area contributed by atoms with Gasteiger partial charge in [0, 0.05) is 0 Å². The van der Waals surface area contributed by atoms with Crippen molar-refractivity contribution < 1.29 is 62.0 Å². The second-order valence-corrected chi connectivity index (χ2v) is 2.15. The van der Waals surface area contributed by atoms with Gasteiger partial charge in [-0.1, -0.05) is 35.4 Å². The van der Waals surface area contributed by atoms with Crippen molar-refractivity contribution in [2.75, 3.05) is 0 Å². The fourth-order valence-corrected chi connectivity index (χ4v) is 0.637. The van der Waals surface area contributed by atoms with E-state index in [1.54, 1.807) is 0 Å². The third kappa shape index (κ3) is 4.95. The zero-order valence-corrected chi connectivity index (χ0v) is 11.3. The normalized spacial score (nSPS) is 7.40. The van der Waals surface area contributed by atoms with E-state index in [1.807, 2.05) is 0 Å². The fraction of sp³-hybridized carbons (Fsp3) is 0.250. The number of rotatable bonds is 0. The van der Waals surface area contributed by atoms with E-state index in [0.29, 0.717) is 0 Å². The summed E-state index contributed by atoms with van der Waals surface area (Å²) in [5.41, 5.74) is 2.66. The van der Waals surface area contributed by atoms with Crippen molar-refractivity contribution in [1.82, 2.24) is 0 Å². The fourth-order valence-electron chi connectivity index (χ4n) is 0.637. The van der Waals surface area contributed by atoms with Crippen molar-refractivity contribution >= 4 is 0 Å². The van der Waals surface area contributed by atoms with Gasteiger partial charge >= 0.3 is 59.1 Å². The number of hydrogen-bond acceptors (Lipinski definition) is 0. The van der Waals surface area contributed by atoms with Crippen molar-refractivity contribution in [2.24, 2.45) is 0 Å². The molecule has 0 bridgehead atoms. The third-order valence-corrected chi connectivity index (χ3v) is 1.22. The molecule has 0 nitrogen and oxygen atoms in total. The predicted molar refractivity (Wildman–Crippen MR) is 38.1 cm³/mol. The first-order valence-corrected chi connectivity index (χ1v) is 2.82. The van der Waals surface area contributed by atoms with Crippen LogP contribution in [0.5, 0.6) is 0 Å². The van der Waals surface area contributed by atoms with E-state index in [2.05, 4.69) is 38.1 Å². The average molecular weight is 154 g/mol. The molecule has 0 unspecified atom stereocenters. The molecule has 1 aromatic rings. The van der Waals surface area contributed by atoms with Crippen LogP contribution in [0.25, 0.3) is 0 Å². The van der Waals surface area contributed by atoms with Crippen LogP contribution in [0.3, 0.4) is 0 Å². The SMILES string of the molecule is Cc1ccc(C)cc1.[H-].[H-].[Na+].[Na+]. The summed E-state index contributed by atoms with van der Waals surface area (Å²) in [6.07, 6.45) is 0. The number of benzene rings is 1. The molecule has 2 heteroatoms. The van der Waals surface area contributed by atoms with Crippen LogP contribution < -0.4 is 59.1 Å². The molecule has 0 aliphatic rings. The molecular formula is C8H12Na2. The van der Waals surface area contributed by atoms with Crippen molar-refractivity contribution in [2.45, 2.75) is 13.8 Å². The molecule has 10 heavy (non-hydrogen) atoms. The zero-order valence-electron chi connectivity index (χ0n) is 9.31. The van der Waals surface area contributed by atoms with Gasteiger partial charge in [-0.2, -0.15) is 0 Å². The van der Waals surface area contributed by atoms with Gasteiger partial charge in [0.25, 0.3) is 0 Å². The van der Waals surface area contributed by atoms with Crippen LogP contribution in [0.4, 0.5) is 0 Å². The Bertz CT molecular complexity index is 154. The van der Waals surface area contributed by atoms with Crippen LogP contribution in [0, 0.1) is 13.8 Å². The Hall–Kier alpha value is 1.22. The van der Waals surface area contributed by atoms with Crippen LogP contribution in [-0.2, 0) is 0 Å². The van der Waals surface area contributed by atoms with Gasteiger partial charge < -0.3 is 2.85 Å². The summed E-state index contributed by atoms with van der Waals surface area (Å²) >= 11 is 0. The van der Waals surface area contributed by atoms with Gasteiger partial charge in [-0.3, -0.25) is 0 Å². The minimum atomic E-state index is 0. The van der Waals surface area contributed by atoms with Crippen LogP contribution in [0.15, 0.2) is 24.3 Å². The second kappa shape index (κ2) is 6.90. The summed E-state index contributed by atoms with van der Waals surface area (Å²) in [7, 11) is 0. The van der Waals surface area contributed by atoms with Crippen LogP contribution in [-0.4, -0.2) is 0 Å². The second-order valence-electron chi connectivity index (χ2n) is 2.15. The largest absolute Gasteiger partial charge is 1.00 e. The molecule has 0 fully saturated rings. The maximum atomic E-state index is 2.12.